The first-order valence-corrected chi connectivity index (χ1v) is 6.33. The molecule has 1 heterocycles. The Hall–Kier alpha value is -1.07. The summed E-state index contributed by atoms with van der Waals surface area (Å²) in [5, 5.41) is 18.3. The maximum Gasteiger partial charge on any atom is 0.315 e. The van der Waals surface area contributed by atoms with Gasteiger partial charge in [0.1, 0.15) is 0 Å². The third kappa shape index (κ3) is 5.14. The summed E-state index contributed by atoms with van der Waals surface area (Å²) < 4.78 is 0. The molecule has 1 unspecified atom stereocenters. The second kappa shape index (κ2) is 7.24. The fourth-order valence-electron chi connectivity index (χ4n) is 1.32. The summed E-state index contributed by atoms with van der Waals surface area (Å²) in [5.41, 5.74) is 1.11. The van der Waals surface area contributed by atoms with E-state index in [1.807, 2.05) is 23.8 Å². The van der Waals surface area contributed by atoms with Crippen molar-refractivity contribution in [2.75, 3.05) is 6.61 Å². The smallest absolute Gasteiger partial charge is 0.315 e. The molecule has 1 aromatic heterocycles. The SMILES string of the molecule is CC(CCCO)NC(=O)NCc1ccsc1. The van der Waals surface area contributed by atoms with Crippen LogP contribution in [0.3, 0.4) is 0 Å². The Morgan fingerprint density at radius 3 is 3.06 bits per heavy atom. The largest absolute Gasteiger partial charge is 0.396 e. The molecule has 0 aliphatic rings. The third-order valence-corrected chi connectivity index (χ3v) is 2.94. The van der Waals surface area contributed by atoms with Gasteiger partial charge in [0.15, 0.2) is 0 Å². The first-order valence-electron chi connectivity index (χ1n) is 5.38. The maximum absolute atomic E-state index is 11.4. The molecule has 16 heavy (non-hydrogen) atoms. The molecule has 5 heteroatoms. The molecule has 0 aliphatic carbocycles. The summed E-state index contributed by atoms with van der Waals surface area (Å²) in [5.74, 6) is 0. The van der Waals surface area contributed by atoms with Gasteiger partial charge < -0.3 is 15.7 Å². The number of thiophene rings is 1. The lowest BCUT2D eigenvalue weighted by atomic mass is 10.2. The van der Waals surface area contributed by atoms with E-state index in [4.69, 9.17) is 5.11 Å². The number of carbonyl (C=O) groups is 1. The summed E-state index contributed by atoms with van der Waals surface area (Å²) >= 11 is 1.62. The molecular weight excluding hydrogens is 224 g/mol. The third-order valence-electron chi connectivity index (χ3n) is 2.21. The molecule has 0 aliphatic heterocycles. The van der Waals surface area contributed by atoms with Crippen molar-refractivity contribution < 1.29 is 9.90 Å². The number of nitrogens with one attached hydrogen (secondary N) is 2. The lowest BCUT2D eigenvalue weighted by Crippen LogP contribution is -2.40. The van der Waals surface area contributed by atoms with Crippen LogP contribution in [0.5, 0.6) is 0 Å². The highest BCUT2D eigenvalue weighted by Gasteiger charge is 2.06. The van der Waals surface area contributed by atoms with Gasteiger partial charge in [0.2, 0.25) is 0 Å². The summed E-state index contributed by atoms with van der Waals surface area (Å²) in [7, 11) is 0. The molecule has 0 aromatic carbocycles. The van der Waals surface area contributed by atoms with Crippen molar-refractivity contribution in [1.29, 1.82) is 0 Å². The molecule has 0 saturated carbocycles. The van der Waals surface area contributed by atoms with Crippen LogP contribution in [0.2, 0.25) is 0 Å². The fraction of sp³-hybridized carbons (Fsp3) is 0.545. The van der Waals surface area contributed by atoms with Gasteiger partial charge in [-0.1, -0.05) is 0 Å². The van der Waals surface area contributed by atoms with Crippen LogP contribution in [-0.4, -0.2) is 23.8 Å². The quantitative estimate of drug-likeness (QED) is 0.711. The van der Waals surface area contributed by atoms with Gasteiger partial charge in [0, 0.05) is 19.2 Å². The van der Waals surface area contributed by atoms with Gasteiger partial charge in [-0.3, -0.25) is 0 Å². The van der Waals surface area contributed by atoms with Crippen LogP contribution in [0.25, 0.3) is 0 Å². The normalized spacial score (nSPS) is 12.1. The Kier molecular flexibility index (Phi) is 5.88. The van der Waals surface area contributed by atoms with Gasteiger partial charge in [-0.05, 0) is 42.2 Å². The number of amides is 2. The van der Waals surface area contributed by atoms with E-state index in [1.165, 1.54) is 0 Å². The average molecular weight is 242 g/mol. The topological polar surface area (TPSA) is 61.4 Å². The van der Waals surface area contributed by atoms with Crippen molar-refractivity contribution in [3.63, 3.8) is 0 Å². The number of aliphatic hydroxyl groups is 1. The van der Waals surface area contributed by atoms with Crippen LogP contribution < -0.4 is 10.6 Å². The summed E-state index contributed by atoms with van der Waals surface area (Å²) in [6, 6.07) is 1.92. The molecule has 3 N–H and O–H groups in total. The highest BCUT2D eigenvalue weighted by atomic mass is 32.1. The van der Waals surface area contributed by atoms with Gasteiger partial charge >= 0.3 is 6.03 Å². The van der Waals surface area contributed by atoms with Crippen molar-refractivity contribution in [3.8, 4) is 0 Å². The average Bonchev–Trinajstić information content (AvgIpc) is 2.76. The molecule has 1 atom stereocenters. The van der Waals surface area contributed by atoms with E-state index < -0.39 is 0 Å². The molecule has 2 amide bonds. The van der Waals surface area contributed by atoms with Crippen LogP contribution in [0.15, 0.2) is 16.8 Å². The predicted molar refractivity (Wildman–Crippen MR) is 65.5 cm³/mol. The summed E-state index contributed by atoms with van der Waals surface area (Å²) in [4.78, 5) is 11.4. The zero-order valence-electron chi connectivity index (χ0n) is 9.40. The van der Waals surface area contributed by atoms with Crippen molar-refractivity contribution in [2.45, 2.75) is 32.4 Å². The molecule has 90 valence electrons. The molecule has 4 nitrogen and oxygen atoms in total. The second-order valence-corrected chi connectivity index (χ2v) is 4.51. The van der Waals surface area contributed by atoms with Gasteiger partial charge in [0.05, 0.1) is 0 Å². The summed E-state index contributed by atoms with van der Waals surface area (Å²) in [6.45, 7) is 2.66. The van der Waals surface area contributed by atoms with E-state index >= 15 is 0 Å². The standard InChI is InChI=1S/C11H18N2O2S/c1-9(3-2-5-14)13-11(15)12-7-10-4-6-16-8-10/h4,6,8-9,14H,2-3,5,7H2,1H3,(H2,12,13,15). The number of rotatable bonds is 6. The second-order valence-electron chi connectivity index (χ2n) is 3.73. The minimum Gasteiger partial charge on any atom is -0.396 e. The Morgan fingerprint density at radius 2 is 2.44 bits per heavy atom. The van der Waals surface area contributed by atoms with Crippen molar-refractivity contribution >= 4 is 17.4 Å². The Labute approximate surface area is 99.7 Å². The Balaban J connectivity index is 2.15. The molecule has 0 saturated heterocycles. The number of urea groups is 1. The number of hydrogen-bond acceptors (Lipinski definition) is 3. The molecule has 0 spiro atoms. The zero-order chi connectivity index (χ0) is 11.8. The van der Waals surface area contributed by atoms with E-state index in [-0.39, 0.29) is 18.7 Å². The van der Waals surface area contributed by atoms with Crippen LogP contribution in [0.1, 0.15) is 25.3 Å². The van der Waals surface area contributed by atoms with Gasteiger partial charge in [0.25, 0.3) is 0 Å². The number of aliphatic hydroxyl groups excluding tert-OH is 1. The van der Waals surface area contributed by atoms with Crippen LogP contribution in [0, 0.1) is 0 Å². The molecule has 0 bridgehead atoms. The maximum atomic E-state index is 11.4. The van der Waals surface area contributed by atoms with E-state index in [2.05, 4.69) is 10.6 Å². The highest BCUT2D eigenvalue weighted by molar-refractivity contribution is 7.07. The van der Waals surface area contributed by atoms with E-state index in [9.17, 15) is 4.79 Å². The first kappa shape index (κ1) is 13.0. The van der Waals surface area contributed by atoms with Crippen LogP contribution in [0.4, 0.5) is 4.79 Å². The number of carbonyl (C=O) groups excluding carboxylic acids is 1. The minimum atomic E-state index is -0.156. The Morgan fingerprint density at radius 1 is 1.62 bits per heavy atom. The monoisotopic (exact) mass is 242 g/mol. The lowest BCUT2D eigenvalue weighted by Gasteiger charge is -2.13. The van der Waals surface area contributed by atoms with Gasteiger partial charge in [-0.25, -0.2) is 4.79 Å². The Bertz CT molecular complexity index is 301. The first-order chi connectivity index (χ1) is 7.72. The van der Waals surface area contributed by atoms with Crippen LogP contribution >= 0.6 is 11.3 Å². The van der Waals surface area contributed by atoms with Crippen molar-refractivity contribution in [3.05, 3.63) is 22.4 Å². The van der Waals surface area contributed by atoms with Crippen LogP contribution in [-0.2, 0) is 6.54 Å². The highest BCUT2D eigenvalue weighted by Crippen LogP contribution is 2.04. The van der Waals surface area contributed by atoms with E-state index in [0.29, 0.717) is 13.0 Å². The van der Waals surface area contributed by atoms with E-state index in [0.717, 1.165) is 12.0 Å². The minimum absolute atomic E-state index is 0.0922. The molecule has 0 fully saturated rings. The molecule has 1 rings (SSSR count). The van der Waals surface area contributed by atoms with Gasteiger partial charge in [-0.2, -0.15) is 11.3 Å². The fourth-order valence-corrected chi connectivity index (χ4v) is 1.99. The molecule has 0 radical (unpaired) electrons. The molecular formula is C11H18N2O2S. The van der Waals surface area contributed by atoms with Crippen molar-refractivity contribution in [2.24, 2.45) is 0 Å². The van der Waals surface area contributed by atoms with E-state index in [1.54, 1.807) is 11.3 Å². The summed E-state index contributed by atoms with van der Waals surface area (Å²) in [6.07, 6.45) is 1.51. The molecule has 1 aromatic rings. The lowest BCUT2D eigenvalue weighted by molar-refractivity contribution is 0.234. The number of hydrogen-bond donors (Lipinski definition) is 3. The zero-order valence-corrected chi connectivity index (χ0v) is 10.2. The van der Waals surface area contributed by atoms with Gasteiger partial charge in [-0.15, -0.1) is 0 Å². The van der Waals surface area contributed by atoms with Crippen molar-refractivity contribution in [1.82, 2.24) is 10.6 Å². The predicted octanol–water partition coefficient (Wildman–Crippen LogP) is 1.71.